The zero-order chi connectivity index (χ0) is 19.4. The minimum Gasteiger partial charge on any atom is -0.493 e. The number of methoxy groups -OCH3 is 1. The highest BCUT2D eigenvalue weighted by Gasteiger charge is 2.35. The number of aliphatic hydroxyl groups is 1. The summed E-state index contributed by atoms with van der Waals surface area (Å²) in [5, 5.41) is 17.5. The molecule has 1 saturated heterocycles. The number of hydrogen-bond acceptors (Lipinski definition) is 5. The van der Waals surface area contributed by atoms with Crippen molar-refractivity contribution in [2.24, 2.45) is 5.92 Å². The lowest BCUT2D eigenvalue weighted by atomic mass is 10.0. The summed E-state index contributed by atoms with van der Waals surface area (Å²) in [6, 6.07) is 6.93. The van der Waals surface area contributed by atoms with Crippen molar-refractivity contribution in [1.29, 1.82) is 0 Å². The van der Waals surface area contributed by atoms with Gasteiger partial charge in [-0.15, -0.1) is 6.42 Å². The Bertz CT molecular complexity index is 855. The number of aromatic amines is 1. The number of ether oxygens (including phenoxy) is 2. The summed E-state index contributed by atoms with van der Waals surface area (Å²) >= 11 is 0. The molecule has 0 radical (unpaired) electrons. The Morgan fingerprint density at radius 1 is 1.41 bits per heavy atom. The number of terminal acetylenes is 1. The third kappa shape index (κ3) is 4.23. The lowest BCUT2D eigenvalue weighted by Gasteiger charge is -2.17. The maximum atomic E-state index is 12.9. The number of hydrogen-bond donors (Lipinski definition) is 2. The summed E-state index contributed by atoms with van der Waals surface area (Å²) in [5.41, 5.74) is 2.33. The van der Waals surface area contributed by atoms with Gasteiger partial charge in [0.1, 0.15) is 6.61 Å². The Morgan fingerprint density at radius 3 is 2.89 bits per heavy atom. The number of aliphatic hydroxyl groups excluding tert-OH is 1. The second-order valence-corrected chi connectivity index (χ2v) is 6.64. The Morgan fingerprint density at radius 2 is 2.22 bits per heavy atom. The molecular formula is C20H23N3O4. The molecule has 3 rings (SSSR count). The van der Waals surface area contributed by atoms with Gasteiger partial charge in [-0.1, -0.05) is 5.92 Å². The quantitative estimate of drug-likeness (QED) is 0.752. The van der Waals surface area contributed by atoms with E-state index in [0.717, 1.165) is 11.4 Å². The first kappa shape index (κ1) is 18.8. The first-order valence-corrected chi connectivity index (χ1v) is 8.74. The average molecular weight is 369 g/mol. The summed E-state index contributed by atoms with van der Waals surface area (Å²) in [4.78, 5) is 14.5. The minimum atomic E-state index is -0.582. The average Bonchev–Trinajstić information content (AvgIpc) is 3.25. The molecule has 142 valence electrons. The Hall–Kier alpha value is -2.98. The molecule has 7 heteroatoms. The number of H-pyrrole nitrogens is 1. The largest absolute Gasteiger partial charge is 0.493 e. The molecule has 2 aromatic rings. The van der Waals surface area contributed by atoms with Gasteiger partial charge >= 0.3 is 0 Å². The van der Waals surface area contributed by atoms with Gasteiger partial charge < -0.3 is 19.5 Å². The smallest absolute Gasteiger partial charge is 0.254 e. The monoisotopic (exact) mass is 369 g/mol. The highest BCUT2D eigenvalue weighted by atomic mass is 16.5. The second-order valence-electron chi connectivity index (χ2n) is 6.64. The van der Waals surface area contributed by atoms with Crippen LogP contribution in [0, 0.1) is 25.2 Å². The van der Waals surface area contributed by atoms with E-state index in [1.54, 1.807) is 23.1 Å². The van der Waals surface area contributed by atoms with Gasteiger partial charge in [0.25, 0.3) is 5.91 Å². The molecule has 1 fully saturated rings. The predicted octanol–water partition coefficient (Wildman–Crippen LogP) is 1.41. The molecule has 2 heterocycles. The number of β-amino-alcohol motifs (C(OH)–C–C–N with tert-alkyl or cyclic N) is 1. The molecule has 27 heavy (non-hydrogen) atoms. The van der Waals surface area contributed by atoms with E-state index in [1.165, 1.54) is 7.11 Å². The SMILES string of the molecule is C#CCOc1cc(C(=O)N2CC(O)C(Cc3cc(C)[nH]n3)C2)ccc1OC. The highest BCUT2D eigenvalue weighted by Crippen LogP contribution is 2.30. The van der Waals surface area contributed by atoms with Crippen molar-refractivity contribution in [2.75, 3.05) is 26.8 Å². The van der Waals surface area contributed by atoms with Gasteiger partial charge in [-0.3, -0.25) is 9.89 Å². The van der Waals surface area contributed by atoms with Gasteiger partial charge in [0.2, 0.25) is 0 Å². The Balaban J connectivity index is 1.71. The number of carbonyl (C=O) groups excluding carboxylic acids is 1. The van der Waals surface area contributed by atoms with Crippen LogP contribution in [-0.4, -0.2) is 59.0 Å². The van der Waals surface area contributed by atoms with Gasteiger partial charge in [-0.25, -0.2) is 0 Å². The molecule has 0 saturated carbocycles. The van der Waals surface area contributed by atoms with Gasteiger partial charge in [0, 0.05) is 30.3 Å². The van der Waals surface area contributed by atoms with Crippen LogP contribution in [0.5, 0.6) is 11.5 Å². The van der Waals surface area contributed by atoms with Crippen molar-refractivity contribution in [1.82, 2.24) is 15.1 Å². The molecule has 1 aliphatic heterocycles. The van der Waals surface area contributed by atoms with E-state index in [4.69, 9.17) is 15.9 Å². The van der Waals surface area contributed by atoms with E-state index in [1.807, 2.05) is 13.0 Å². The molecule has 1 aliphatic rings. The number of likely N-dealkylation sites (tertiary alicyclic amines) is 1. The van der Waals surface area contributed by atoms with E-state index in [-0.39, 0.29) is 18.4 Å². The van der Waals surface area contributed by atoms with Crippen molar-refractivity contribution >= 4 is 5.91 Å². The number of carbonyl (C=O) groups is 1. The van der Waals surface area contributed by atoms with E-state index >= 15 is 0 Å². The molecule has 2 unspecified atom stereocenters. The number of nitrogens with zero attached hydrogens (tertiary/aromatic N) is 2. The maximum Gasteiger partial charge on any atom is 0.254 e. The molecule has 0 bridgehead atoms. The van der Waals surface area contributed by atoms with Crippen molar-refractivity contribution < 1.29 is 19.4 Å². The summed E-state index contributed by atoms with van der Waals surface area (Å²) in [7, 11) is 1.53. The second kappa shape index (κ2) is 8.14. The number of benzene rings is 1. The summed E-state index contributed by atoms with van der Waals surface area (Å²) in [6.07, 6.45) is 5.27. The van der Waals surface area contributed by atoms with Gasteiger partial charge in [-0.05, 0) is 37.6 Å². The fourth-order valence-corrected chi connectivity index (χ4v) is 3.29. The summed E-state index contributed by atoms with van der Waals surface area (Å²) < 4.78 is 10.7. The molecular weight excluding hydrogens is 346 g/mol. The number of rotatable bonds is 6. The normalized spacial score (nSPS) is 19.0. The number of amides is 1. The van der Waals surface area contributed by atoms with Crippen LogP contribution in [0.25, 0.3) is 0 Å². The van der Waals surface area contributed by atoms with Crippen molar-refractivity contribution in [3.8, 4) is 23.8 Å². The van der Waals surface area contributed by atoms with Crippen LogP contribution in [0.2, 0.25) is 0 Å². The standard InChI is InChI=1S/C20H23N3O4/c1-4-7-27-19-10-14(5-6-18(19)26-3)20(25)23-11-15(17(24)12-23)9-16-8-13(2)21-22-16/h1,5-6,8,10,15,17,24H,7,9,11-12H2,2-3H3,(H,21,22). The molecule has 1 aromatic carbocycles. The van der Waals surface area contributed by atoms with Crippen LogP contribution in [-0.2, 0) is 6.42 Å². The van der Waals surface area contributed by atoms with Crippen LogP contribution in [0.1, 0.15) is 21.7 Å². The van der Waals surface area contributed by atoms with Crippen LogP contribution in [0.4, 0.5) is 0 Å². The van der Waals surface area contributed by atoms with Crippen molar-refractivity contribution in [3.05, 3.63) is 41.2 Å². The fraction of sp³-hybridized carbons (Fsp3) is 0.400. The molecule has 1 aromatic heterocycles. The molecule has 0 spiro atoms. The molecule has 2 N–H and O–H groups in total. The van der Waals surface area contributed by atoms with Crippen LogP contribution >= 0.6 is 0 Å². The number of nitrogens with one attached hydrogen (secondary N) is 1. The van der Waals surface area contributed by atoms with E-state index < -0.39 is 6.10 Å². The number of aromatic nitrogens is 2. The lowest BCUT2D eigenvalue weighted by molar-refractivity contribution is 0.0764. The fourth-order valence-electron chi connectivity index (χ4n) is 3.29. The Kier molecular flexibility index (Phi) is 5.67. The molecule has 2 atom stereocenters. The molecule has 1 amide bonds. The van der Waals surface area contributed by atoms with Crippen molar-refractivity contribution in [2.45, 2.75) is 19.4 Å². The third-order valence-corrected chi connectivity index (χ3v) is 4.65. The van der Waals surface area contributed by atoms with E-state index in [0.29, 0.717) is 36.6 Å². The van der Waals surface area contributed by atoms with Gasteiger partial charge in [0.05, 0.1) is 18.9 Å². The maximum absolute atomic E-state index is 12.9. The molecule has 7 nitrogen and oxygen atoms in total. The van der Waals surface area contributed by atoms with Gasteiger partial charge in [-0.2, -0.15) is 5.10 Å². The lowest BCUT2D eigenvalue weighted by Crippen LogP contribution is -2.29. The zero-order valence-electron chi connectivity index (χ0n) is 15.4. The highest BCUT2D eigenvalue weighted by molar-refractivity contribution is 5.95. The minimum absolute atomic E-state index is 0.0490. The topological polar surface area (TPSA) is 87.7 Å². The first-order chi connectivity index (χ1) is 13.0. The predicted molar refractivity (Wildman–Crippen MR) is 99.8 cm³/mol. The van der Waals surface area contributed by atoms with Gasteiger partial charge in [0.15, 0.2) is 11.5 Å². The number of aryl methyl sites for hydroxylation is 1. The third-order valence-electron chi connectivity index (χ3n) is 4.65. The zero-order valence-corrected chi connectivity index (χ0v) is 15.4. The Labute approximate surface area is 158 Å². The molecule has 0 aliphatic carbocycles. The van der Waals surface area contributed by atoms with E-state index in [2.05, 4.69) is 16.1 Å². The van der Waals surface area contributed by atoms with Crippen LogP contribution in [0.3, 0.4) is 0 Å². The first-order valence-electron chi connectivity index (χ1n) is 8.74. The van der Waals surface area contributed by atoms with Crippen molar-refractivity contribution in [3.63, 3.8) is 0 Å². The van der Waals surface area contributed by atoms with Crippen LogP contribution in [0.15, 0.2) is 24.3 Å². The van der Waals surface area contributed by atoms with E-state index in [9.17, 15) is 9.90 Å². The van der Waals surface area contributed by atoms with Crippen LogP contribution < -0.4 is 9.47 Å². The summed E-state index contributed by atoms with van der Waals surface area (Å²) in [5.74, 6) is 3.11. The summed E-state index contributed by atoms with van der Waals surface area (Å²) in [6.45, 7) is 2.78.